The van der Waals surface area contributed by atoms with Gasteiger partial charge in [0.25, 0.3) is 5.56 Å². The molecule has 2 heterocycles. The van der Waals surface area contributed by atoms with Crippen molar-refractivity contribution in [3.05, 3.63) is 86.1 Å². The Hall–Kier alpha value is -4.32. The van der Waals surface area contributed by atoms with Crippen molar-refractivity contribution in [3.63, 3.8) is 0 Å². The molecule has 1 saturated heterocycles. The Bertz CT molecular complexity index is 1490. The number of thioether (sulfide) groups is 1. The second-order valence-corrected chi connectivity index (χ2v) is 10.3. The first kappa shape index (κ1) is 27.7. The molecule has 3 aromatic rings. The van der Waals surface area contributed by atoms with E-state index in [0.29, 0.717) is 23.6 Å². The van der Waals surface area contributed by atoms with Gasteiger partial charge in [-0.1, -0.05) is 49.9 Å². The fraction of sp³-hybridized carbons (Fsp3) is 0.296. The van der Waals surface area contributed by atoms with Crippen LogP contribution in [0.5, 0.6) is 11.6 Å². The Morgan fingerprint density at radius 1 is 1.05 bits per heavy atom. The maximum atomic E-state index is 12.7. The number of hydrogen-bond donors (Lipinski definition) is 5. The quantitative estimate of drug-likeness (QED) is 0.273. The fourth-order valence-corrected chi connectivity index (χ4v) is 5.00. The van der Waals surface area contributed by atoms with Crippen LogP contribution in [0, 0.1) is 0 Å². The number of aromatic amines is 2. The van der Waals surface area contributed by atoms with E-state index in [9.17, 15) is 24.3 Å². The molecule has 39 heavy (non-hydrogen) atoms. The van der Waals surface area contributed by atoms with Crippen LogP contribution in [0.25, 0.3) is 0 Å². The monoisotopic (exact) mass is 551 g/mol. The standard InChI is InChI=1S/C27H29N5O6S/c1-4-38-18-11-9-17(10-12-18)28-20(33)13-19-23(34)32-27(39-19)29-22(16-7-5-15(6-8-16)14(2)3)21-24(35)30-26(37)31-25(21)36/h5-12,14,19,22H,4,13H2,1-3H3,(H,28,33)(H,29,32,34)(H3,30,31,35,36,37)/t19-,22+/m0/s1. The van der Waals surface area contributed by atoms with Gasteiger partial charge >= 0.3 is 5.69 Å². The average Bonchev–Trinajstić information content (AvgIpc) is 3.22. The number of nitrogens with zero attached hydrogens (tertiary/aromatic N) is 1. The van der Waals surface area contributed by atoms with Gasteiger partial charge in [0, 0.05) is 12.1 Å². The number of amidine groups is 1. The van der Waals surface area contributed by atoms with Gasteiger partial charge in [0.15, 0.2) is 5.17 Å². The summed E-state index contributed by atoms with van der Waals surface area (Å²) >= 11 is 1.05. The predicted molar refractivity (Wildman–Crippen MR) is 150 cm³/mol. The van der Waals surface area contributed by atoms with Crippen molar-refractivity contribution in [1.29, 1.82) is 0 Å². The largest absolute Gasteiger partial charge is 0.494 e. The second-order valence-electron chi connectivity index (χ2n) is 9.13. The molecule has 0 radical (unpaired) electrons. The third-order valence-electron chi connectivity index (χ3n) is 5.99. The molecule has 4 rings (SSSR count). The predicted octanol–water partition coefficient (Wildman–Crippen LogP) is 3.00. The van der Waals surface area contributed by atoms with Gasteiger partial charge in [-0.2, -0.15) is 0 Å². The molecule has 1 fully saturated rings. The number of aromatic nitrogens is 2. The molecule has 0 unspecified atom stereocenters. The normalized spacial score (nSPS) is 16.8. The Labute approximate surface area is 228 Å². The summed E-state index contributed by atoms with van der Waals surface area (Å²) < 4.78 is 5.39. The summed E-state index contributed by atoms with van der Waals surface area (Å²) in [6, 6.07) is 13.2. The van der Waals surface area contributed by atoms with Gasteiger partial charge in [-0.3, -0.25) is 24.4 Å². The van der Waals surface area contributed by atoms with E-state index in [1.54, 1.807) is 36.4 Å². The lowest BCUT2D eigenvalue weighted by Crippen LogP contribution is -2.29. The molecule has 2 atom stereocenters. The van der Waals surface area contributed by atoms with Crippen LogP contribution >= 0.6 is 11.8 Å². The van der Waals surface area contributed by atoms with Gasteiger partial charge in [-0.25, -0.2) is 9.79 Å². The number of anilines is 1. The number of benzene rings is 2. The molecule has 0 bridgehead atoms. The zero-order valence-electron chi connectivity index (χ0n) is 21.6. The van der Waals surface area contributed by atoms with E-state index in [1.807, 2.05) is 32.9 Å². The highest BCUT2D eigenvalue weighted by molar-refractivity contribution is 8.15. The molecular weight excluding hydrogens is 522 g/mol. The molecule has 0 saturated carbocycles. The van der Waals surface area contributed by atoms with Crippen LogP contribution in [0.3, 0.4) is 0 Å². The number of hydrogen-bond acceptors (Lipinski definition) is 8. The van der Waals surface area contributed by atoms with Gasteiger partial charge in [-0.05, 0) is 48.2 Å². The highest BCUT2D eigenvalue weighted by Crippen LogP contribution is 2.32. The molecular formula is C27H29N5O6S. The van der Waals surface area contributed by atoms with Crippen molar-refractivity contribution < 1.29 is 19.4 Å². The van der Waals surface area contributed by atoms with Crippen molar-refractivity contribution in [2.24, 2.45) is 4.99 Å². The van der Waals surface area contributed by atoms with Crippen molar-refractivity contribution in [1.82, 2.24) is 15.3 Å². The minimum Gasteiger partial charge on any atom is -0.494 e. The number of carbonyl (C=O) groups is 2. The average molecular weight is 552 g/mol. The molecule has 0 aliphatic carbocycles. The third-order valence-corrected chi connectivity index (χ3v) is 7.09. The van der Waals surface area contributed by atoms with Crippen LogP contribution in [0.1, 0.15) is 55.8 Å². The maximum Gasteiger partial charge on any atom is 0.328 e. The SMILES string of the molecule is CCOc1ccc(NC(=O)C[C@@H]2SC(=N[C@H](c3ccc(C(C)C)cc3)c3c(O)[nH]c(=O)[nH]c3=O)NC2=O)cc1. The molecule has 1 aromatic heterocycles. The lowest BCUT2D eigenvalue weighted by atomic mass is 9.96. The fourth-order valence-electron chi connectivity index (χ4n) is 4.01. The minimum absolute atomic E-state index is 0.110. The van der Waals surface area contributed by atoms with E-state index >= 15 is 0 Å². The zero-order chi connectivity index (χ0) is 28.1. The Morgan fingerprint density at radius 2 is 1.72 bits per heavy atom. The first-order valence-electron chi connectivity index (χ1n) is 12.4. The number of aromatic hydroxyl groups is 1. The van der Waals surface area contributed by atoms with Gasteiger partial charge in [0.2, 0.25) is 17.7 Å². The highest BCUT2D eigenvalue weighted by atomic mass is 32.2. The minimum atomic E-state index is -1.04. The zero-order valence-corrected chi connectivity index (χ0v) is 22.4. The third kappa shape index (κ3) is 6.77. The number of carbonyl (C=O) groups excluding carboxylic acids is 2. The Morgan fingerprint density at radius 3 is 2.33 bits per heavy atom. The van der Waals surface area contributed by atoms with Crippen LogP contribution in [0.4, 0.5) is 5.69 Å². The van der Waals surface area contributed by atoms with Crippen molar-refractivity contribution in [3.8, 4) is 11.6 Å². The van der Waals surface area contributed by atoms with E-state index in [1.165, 1.54) is 0 Å². The lowest BCUT2D eigenvalue weighted by Gasteiger charge is -2.15. The maximum absolute atomic E-state index is 12.7. The first-order valence-corrected chi connectivity index (χ1v) is 13.3. The Kier molecular flexibility index (Phi) is 8.55. The number of H-pyrrole nitrogens is 2. The molecule has 2 amide bonds. The lowest BCUT2D eigenvalue weighted by molar-refractivity contribution is -0.122. The number of aliphatic imine (C=N–C) groups is 1. The molecule has 204 valence electrons. The molecule has 1 aliphatic heterocycles. The smallest absolute Gasteiger partial charge is 0.328 e. The second kappa shape index (κ2) is 12.0. The van der Waals surface area contributed by atoms with Crippen LogP contribution in [0.15, 0.2) is 63.1 Å². The van der Waals surface area contributed by atoms with E-state index in [4.69, 9.17) is 4.74 Å². The van der Waals surface area contributed by atoms with Crippen molar-refractivity contribution in [2.75, 3.05) is 11.9 Å². The van der Waals surface area contributed by atoms with Gasteiger partial charge in [0.05, 0.1) is 6.61 Å². The number of ether oxygens (including phenoxy) is 1. The first-order chi connectivity index (χ1) is 18.6. The van der Waals surface area contributed by atoms with Crippen LogP contribution in [0.2, 0.25) is 0 Å². The topological polar surface area (TPSA) is 166 Å². The summed E-state index contributed by atoms with van der Waals surface area (Å²) in [4.78, 5) is 58.4. The van der Waals surface area contributed by atoms with E-state index in [0.717, 1.165) is 17.3 Å². The number of rotatable bonds is 9. The summed E-state index contributed by atoms with van der Waals surface area (Å²) in [6.45, 7) is 6.50. The molecule has 12 heteroatoms. The number of amides is 2. The summed E-state index contributed by atoms with van der Waals surface area (Å²) in [5.74, 6) is -0.430. The van der Waals surface area contributed by atoms with Gasteiger partial charge in [-0.15, -0.1) is 0 Å². The molecule has 0 spiro atoms. The van der Waals surface area contributed by atoms with Crippen molar-refractivity contribution in [2.45, 2.75) is 44.4 Å². The summed E-state index contributed by atoms with van der Waals surface area (Å²) in [6.07, 6.45) is -0.110. The van der Waals surface area contributed by atoms with Crippen LogP contribution in [-0.4, -0.2) is 43.9 Å². The highest BCUT2D eigenvalue weighted by Gasteiger charge is 2.34. The molecule has 5 N–H and O–H groups in total. The van der Waals surface area contributed by atoms with E-state index < -0.39 is 34.3 Å². The van der Waals surface area contributed by atoms with Crippen LogP contribution in [-0.2, 0) is 9.59 Å². The summed E-state index contributed by atoms with van der Waals surface area (Å²) in [5.41, 5.74) is 0.353. The summed E-state index contributed by atoms with van der Waals surface area (Å²) in [5, 5.41) is 15.3. The molecule has 2 aromatic carbocycles. The molecule has 11 nitrogen and oxygen atoms in total. The Balaban J connectivity index is 1.55. The van der Waals surface area contributed by atoms with Crippen LogP contribution < -0.4 is 26.6 Å². The van der Waals surface area contributed by atoms with Gasteiger partial charge in [0.1, 0.15) is 22.6 Å². The van der Waals surface area contributed by atoms with Crippen molar-refractivity contribution >= 4 is 34.4 Å². The van der Waals surface area contributed by atoms with E-state index in [2.05, 4.69) is 25.6 Å². The van der Waals surface area contributed by atoms with Gasteiger partial charge < -0.3 is 20.5 Å². The number of nitrogens with one attached hydrogen (secondary N) is 4. The summed E-state index contributed by atoms with van der Waals surface area (Å²) in [7, 11) is 0. The van der Waals surface area contributed by atoms with E-state index in [-0.39, 0.29) is 29.0 Å². The molecule has 1 aliphatic rings.